The highest BCUT2D eigenvalue weighted by molar-refractivity contribution is 7.89. The zero-order valence-corrected chi connectivity index (χ0v) is 17.9. The number of carbonyl (C=O) groups is 1. The van der Waals surface area contributed by atoms with Crippen LogP contribution in [-0.2, 0) is 10.0 Å². The number of nitrogens with zero attached hydrogens (tertiary/aromatic N) is 1. The van der Waals surface area contributed by atoms with Gasteiger partial charge in [-0.05, 0) is 47.5 Å². The first-order valence-corrected chi connectivity index (χ1v) is 11.5. The van der Waals surface area contributed by atoms with Crippen molar-refractivity contribution in [1.82, 2.24) is 9.62 Å². The molecule has 0 saturated heterocycles. The summed E-state index contributed by atoms with van der Waals surface area (Å²) < 4.78 is 40.7. The zero-order chi connectivity index (χ0) is 22.6. The van der Waals surface area contributed by atoms with Crippen LogP contribution in [0, 0.1) is 5.82 Å². The molecule has 6 nitrogen and oxygen atoms in total. The van der Waals surface area contributed by atoms with Gasteiger partial charge in [-0.25, -0.2) is 17.6 Å². The van der Waals surface area contributed by atoms with Crippen molar-refractivity contribution in [2.45, 2.75) is 10.9 Å². The smallest absolute Gasteiger partial charge is 0.319 e. The molecular formula is C24H22FN3O3S. The van der Waals surface area contributed by atoms with E-state index in [4.69, 9.17) is 0 Å². The van der Waals surface area contributed by atoms with Gasteiger partial charge in [0.25, 0.3) is 0 Å². The predicted molar refractivity (Wildman–Crippen MR) is 122 cm³/mol. The number of halogens is 1. The Hall–Kier alpha value is -3.49. The first kappa shape index (κ1) is 21.7. The molecule has 1 atom stereocenters. The molecule has 3 aromatic rings. The Morgan fingerprint density at radius 1 is 0.906 bits per heavy atom. The van der Waals surface area contributed by atoms with Crippen molar-refractivity contribution in [3.8, 4) is 0 Å². The average Bonchev–Trinajstić information content (AvgIpc) is 2.81. The van der Waals surface area contributed by atoms with Crippen LogP contribution in [-0.4, -0.2) is 37.9 Å². The topological polar surface area (TPSA) is 78.5 Å². The third-order valence-corrected chi connectivity index (χ3v) is 7.02. The number of urea groups is 1. The van der Waals surface area contributed by atoms with Crippen molar-refractivity contribution < 1.29 is 17.6 Å². The molecule has 3 aromatic carbocycles. The van der Waals surface area contributed by atoms with E-state index in [0.29, 0.717) is 5.69 Å². The summed E-state index contributed by atoms with van der Waals surface area (Å²) in [4.78, 5) is 12.9. The lowest BCUT2D eigenvalue weighted by Crippen LogP contribution is -2.50. The fraction of sp³-hybridized carbons (Fsp3) is 0.125. The van der Waals surface area contributed by atoms with E-state index < -0.39 is 27.9 Å². The Balaban J connectivity index is 1.59. The van der Waals surface area contributed by atoms with Crippen LogP contribution in [0.25, 0.3) is 5.57 Å². The summed E-state index contributed by atoms with van der Waals surface area (Å²) in [6.07, 6.45) is 1.82. The lowest BCUT2D eigenvalue weighted by Gasteiger charge is -2.33. The minimum absolute atomic E-state index is 0.0782. The second-order valence-electron chi connectivity index (χ2n) is 7.32. The molecule has 0 aromatic heterocycles. The van der Waals surface area contributed by atoms with Gasteiger partial charge in [-0.1, -0.05) is 54.6 Å². The molecule has 1 heterocycles. The van der Waals surface area contributed by atoms with E-state index >= 15 is 0 Å². The van der Waals surface area contributed by atoms with Gasteiger partial charge in [-0.3, -0.25) is 0 Å². The second-order valence-corrected chi connectivity index (χ2v) is 9.26. The van der Waals surface area contributed by atoms with Gasteiger partial charge in [0, 0.05) is 18.8 Å². The van der Waals surface area contributed by atoms with Crippen molar-refractivity contribution in [3.05, 3.63) is 102 Å². The number of benzene rings is 3. The minimum atomic E-state index is -3.72. The van der Waals surface area contributed by atoms with Crippen LogP contribution >= 0.6 is 0 Å². The number of carbonyl (C=O) groups excluding carboxylic acids is 1. The first-order chi connectivity index (χ1) is 15.4. The summed E-state index contributed by atoms with van der Waals surface area (Å²) in [7, 11) is -3.72. The predicted octanol–water partition coefficient (Wildman–Crippen LogP) is 4.10. The highest BCUT2D eigenvalue weighted by Gasteiger charge is 2.32. The number of sulfonamides is 1. The van der Waals surface area contributed by atoms with E-state index in [1.165, 1.54) is 28.6 Å². The Kier molecular flexibility index (Phi) is 6.34. The van der Waals surface area contributed by atoms with Crippen LogP contribution in [0.2, 0.25) is 0 Å². The Morgan fingerprint density at radius 3 is 2.19 bits per heavy atom. The Bertz CT molecular complexity index is 1210. The van der Waals surface area contributed by atoms with E-state index in [1.54, 1.807) is 30.3 Å². The summed E-state index contributed by atoms with van der Waals surface area (Å²) in [5.41, 5.74) is 2.16. The largest absolute Gasteiger partial charge is 0.330 e. The summed E-state index contributed by atoms with van der Waals surface area (Å²) in [6, 6.07) is 22.0. The quantitative estimate of drug-likeness (QED) is 0.613. The summed E-state index contributed by atoms with van der Waals surface area (Å²) in [5.74, 6) is -0.403. The minimum Gasteiger partial charge on any atom is -0.330 e. The summed E-state index contributed by atoms with van der Waals surface area (Å²) >= 11 is 0. The molecular weight excluding hydrogens is 429 g/mol. The van der Waals surface area contributed by atoms with Gasteiger partial charge in [0.15, 0.2) is 0 Å². The normalized spacial score (nSPS) is 16.8. The fourth-order valence-electron chi connectivity index (χ4n) is 3.59. The van der Waals surface area contributed by atoms with Gasteiger partial charge in [0.2, 0.25) is 10.0 Å². The molecule has 0 spiro atoms. The van der Waals surface area contributed by atoms with Crippen molar-refractivity contribution in [3.63, 3.8) is 0 Å². The maximum atomic E-state index is 13.1. The number of rotatable bonds is 5. The highest BCUT2D eigenvalue weighted by Crippen LogP contribution is 2.26. The fourth-order valence-corrected chi connectivity index (χ4v) is 5.00. The molecule has 2 amide bonds. The van der Waals surface area contributed by atoms with Crippen molar-refractivity contribution in [1.29, 1.82) is 0 Å². The maximum absolute atomic E-state index is 13.1. The Labute approximate surface area is 186 Å². The molecule has 0 bridgehead atoms. The molecule has 4 rings (SSSR count). The zero-order valence-electron chi connectivity index (χ0n) is 17.1. The number of hydrogen-bond acceptors (Lipinski definition) is 3. The molecule has 1 aliphatic rings. The highest BCUT2D eigenvalue weighted by atomic mass is 32.2. The molecule has 0 fully saturated rings. The monoisotopic (exact) mass is 451 g/mol. The third-order valence-electron chi connectivity index (χ3n) is 5.17. The lowest BCUT2D eigenvalue weighted by molar-refractivity contribution is 0.248. The standard InChI is InChI=1S/C24H22FN3O3S/c25-19-11-13-20(14-12-19)26-24(29)27-23-17-28(32(30,31)21-9-5-2-6-10-21)16-15-22(23)18-7-3-1-4-8-18/h1-15,23H,16-17H2,(H2,26,27,29). The average molecular weight is 452 g/mol. The van der Waals surface area contributed by atoms with E-state index in [-0.39, 0.29) is 18.0 Å². The van der Waals surface area contributed by atoms with Crippen LogP contribution in [0.5, 0.6) is 0 Å². The molecule has 2 N–H and O–H groups in total. The molecule has 1 unspecified atom stereocenters. The number of nitrogens with one attached hydrogen (secondary N) is 2. The van der Waals surface area contributed by atoms with Crippen LogP contribution in [0.3, 0.4) is 0 Å². The molecule has 164 valence electrons. The van der Waals surface area contributed by atoms with Gasteiger partial charge in [0.05, 0.1) is 10.9 Å². The van der Waals surface area contributed by atoms with Gasteiger partial charge in [0.1, 0.15) is 5.82 Å². The van der Waals surface area contributed by atoms with Gasteiger partial charge < -0.3 is 10.6 Å². The molecule has 32 heavy (non-hydrogen) atoms. The number of amides is 2. The van der Waals surface area contributed by atoms with Gasteiger partial charge >= 0.3 is 6.03 Å². The first-order valence-electron chi connectivity index (χ1n) is 10.1. The van der Waals surface area contributed by atoms with Crippen LogP contribution in [0.1, 0.15) is 5.56 Å². The second kappa shape index (κ2) is 9.33. The van der Waals surface area contributed by atoms with E-state index in [0.717, 1.165) is 11.1 Å². The van der Waals surface area contributed by atoms with E-state index in [1.807, 2.05) is 36.4 Å². The molecule has 0 saturated carbocycles. The summed E-state index contributed by atoms with van der Waals surface area (Å²) in [5, 5.41) is 5.53. The SMILES string of the molecule is O=C(Nc1ccc(F)cc1)NC1CN(S(=O)(=O)c2ccccc2)CC=C1c1ccccc1. The van der Waals surface area contributed by atoms with Crippen LogP contribution in [0.15, 0.2) is 95.9 Å². The van der Waals surface area contributed by atoms with Gasteiger partial charge in [-0.15, -0.1) is 0 Å². The molecule has 8 heteroatoms. The number of hydrogen-bond donors (Lipinski definition) is 2. The molecule has 0 radical (unpaired) electrons. The molecule has 0 aliphatic carbocycles. The van der Waals surface area contributed by atoms with Crippen molar-refractivity contribution in [2.24, 2.45) is 0 Å². The third kappa shape index (κ3) is 4.87. The van der Waals surface area contributed by atoms with Crippen molar-refractivity contribution >= 4 is 27.3 Å². The van der Waals surface area contributed by atoms with E-state index in [2.05, 4.69) is 10.6 Å². The summed E-state index contributed by atoms with van der Waals surface area (Å²) in [6.45, 7) is 0.272. The number of anilines is 1. The maximum Gasteiger partial charge on any atom is 0.319 e. The Morgan fingerprint density at radius 2 is 1.53 bits per heavy atom. The molecule has 1 aliphatic heterocycles. The van der Waals surface area contributed by atoms with Crippen LogP contribution < -0.4 is 10.6 Å². The van der Waals surface area contributed by atoms with E-state index in [9.17, 15) is 17.6 Å². The van der Waals surface area contributed by atoms with Crippen LogP contribution in [0.4, 0.5) is 14.9 Å². The lowest BCUT2D eigenvalue weighted by atomic mass is 9.96. The van der Waals surface area contributed by atoms with Crippen molar-refractivity contribution in [2.75, 3.05) is 18.4 Å². The van der Waals surface area contributed by atoms with Gasteiger partial charge in [-0.2, -0.15) is 4.31 Å².